The van der Waals surface area contributed by atoms with Gasteiger partial charge in [-0.05, 0) is 61.9 Å². The molecule has 0 spiro atoms. The lowest BCUT2D eigenvalue weighted by molar-refractivity contribution is -0.120. The molecule has 5 heteroatoms. The Morgan fingerprint density at radius 1 is 0.862 bits per heavy atom. The Hall–Kier alpha value is -3.08. The first-order valence-electron chi connectivity index (χ1n) is 10.1. The summed E-state index contributed by atoms with van der Waals surface area (Å²) in [6, 6.07) is 13.1. The number of para-hydroxylation sites is 2. The first-order chi connectivity index (χ1) is 14.0. The predicted octanol–water partition coefficient (Wildman–Crippen LogP) is 4.08. The van der Waals surface area contributed by atoms with Gasteiger partial charge in [0.25, 0.3) is 11.8 Å². The van der Waals surface area contributed by atoms with Crippen molar-refractivity contribution in [3.63, 3.8) is 0 Å². The van der Waals surface area contributed by atoms with Crippen LogP contribution in [-0.2, 0) is 9.59 Å². The quantitative estimate of drug-likeness (QED) is 0.738. The van der Waals surface area contributed by atoms with Gasteiger partial charge in [-0.25, -0.2) is 4.90 Å². The molecule has 2 heterocycles. The van der Waals surface area contributed by atoms with Crippen LogP contribution in [0.3, 0.4) is 0 Å². The van der Waals surface area contributed by atoms with Gasteiger partial charge < -0.3 is 9.64 Å². The summed E-state index contributed by atoms with van der Waals surface area (Å²) in [7, 11) is 1.55. The van der Waals surface area contributed by atoms with E-state index in [9.17, 15) is 9.59 Å². The van der Waals surface area contributed by atoms with Crippen molar-refractivity contribution in [2.45, 2.75) is 33.1 Å². The highest BCUT2D eigenvalue weighted by Crippen LogP contribution is 2.39. The number of carbonyl (C=O) groups excluding carboxylic acids is 2. The fourth-order valence-corrected chi connectivity index (χ4v) is 4.12. The van der Waals surface area contributed by atoms with Crippen LogP contribution in [-0.4, -0.2) is 36.9 Å². The van der Waals surface area contributed by atoms with E-state index in [0.717, 1.165) is 49.0 Å². The average Bonchev–Trinajstić information content (AvgIpc) is 3.00. The number of rotatable bonds is 4. The standard InChI is InChI=1S/C24H26N2O3/c1-16-11-12-18(15-17(16)2)21-22(25-13-7-4-8-14-25)24(28)26(23(21)27)19-9-5-6-10-20(19)29-3/h5-6,9-12,15H,4,7-8,13-14H2,1-3H3. The highest BCUT2D eigenvalue weighted by Gasteiger charge is 2.43. The Balaban J connectivity index is 1.87. The van der Waals surface area contributed by atoms with E-state index >= 15 is 0 Å². The maximum atomic E-state index is 13.6. The second kappa shape index (κ2) is 7.74. The second-order valence-electron chi connectivity index (χ2n) is 7.69. The van der Waals surface area contributed by atoms with Crippen molar-refractivity contribution in [2.75, 3.05) is 25.1 Å². The van der Waals surface area contributed by atoms with Crippen molar-refractivity contribution in [2.24, 2.45) is 0 Å². The van der Waals surface area contributed by atoms with Gasteiger partial charge in [-0.1, -0.05) is 30.3 Å². The number of ether oxygens (including phenoxy) is 1. The zero-order valence-corrected chi connectivity index (χ0v) is 17.2. The van der Waals surface area contributed by atoms with E-state index in [4.69, 9.17) is 4.74 Å². The summed E-state index contributed by atoms with van der Waals surface area (Å²) in [5, 5.41) is 0. The summed E-state index contributed by atoms with van der Waals surface area (Å²) >= 11 is 0. The average molecular weight is 390 g/mol. The molecule has 0 radical (unpaired) electrons. The van der Waals surface area contributed by atoms with Crippen LogP contribution in [0, 0.1) is 13.8 Å². The molecule has 0 atom stereocenters. The SMILES string of the molecule is COc1ccccc1N1C(=O)C(c2ccc(C)c(C)c2)=C(N2CCCCC2)C1=O. The van der Waals surface area contributed by atoms with Crippen LogP contribution in [0.2, 0.25) is 0 Å². The first-order valence-corrected chi connectivity index (χ1v) is 10.1. The summed E-state index contributed by atoms with van der Waals surface area (Å²) in [6.45, 7) is 5.66. The van der Waals surface area contributed by atoms with Crippen LogP contribution < -0.4 is 9.64 Å². The predicted molar refractivity (Wildman–Crippen MR) is 114 cm³/mol. The van der Waals surface area contributed by atoms with Crippen LogP contribution in [0.5, 0.6) is 5.75 Å². The van der Waals surface area contributed by atoms with E-state index in [2.05, 4.69) is 4.90 Å². The third-order valence-electron chi connectivity index (χ3n) is 5.85. The highest BCUT2D eigenvalue weighted by molar-refractivity contribution is 6.45. The minimum absolute atomic E-state index is 0.269. The number of hydrogen-bond acceptors (Lipinski definition) is 4. The van der Waals surface area contributed by atoms with Crippen molar-refractivity contribution in [3.8, 4) is 5.75 Å². The van der Waals surface area contributed by atoms with Crippen molar-refractivity contribution in [1.29, 1.82) is 0 Å². The largest absolute Gasteiger partial charge is 0.495 e. The summed E-state index contributed by atoms with van der Waals surface area (Å²) < 4.78 is 5.43. The minimum atomic E-state index is -0.289. The molecule has 4 rings (SSSR count). The Bertz CT molecular complexity index is 1000. The van der Waals surface area contributed by atoms with Gasteiger partial charge >= 0.3 is 0 Å². The molecule has 0 N–H and O–H groups in total. The van der Waals surface area contributed by atoms with Crippen molar-refractivity contribution >= 4 is 23.1 Å². The Morgan fingerprint density at radius 2 is 1.59 bits per heavy atom. The van der Waals surface area contributed by atoms with E-state index in [-0.39, 0.29) is 11.8 Å². The second-order valence-corrected chi connectivity index (χ2v) is 7.69. The monoisotopic (exact) mass is 390 g/mol. The van der Waals surface area contributed by atoms with Crippen molar-refractivity contribution in [1.82, 2.24) is 4.90 Å². The third kappa shape index (κ3) is 3.31. The lowest BCUT2D eigenvalue weighted by Crippen LogP contribution is -2.37. The van der Waals surface area contributed by atoms with Gasteiger partial charge in [0.2, 0.25) is 0 Å². The number of methoxy groups -OCH3 is 1. The molecule has 1 fully saturated rings. The molecule has 1 saturated heterocycles. The van der Waals surface area contributed by atoms with Gasteiger partial charge in [0.05, 0.1) is 18.4 Å². The number of aryl methyl sites for hydroxylation is 2. The lowest BCUT2D eigenvalue weighted by Gasteiger charge is -2.29. The maximum absolute atomic E-state index is 13.6. The smallest absolute Gasteiger partial charge is 0.282 e. The number of nitrogens with zero attached hydrogens (tertiary/aromatic N) is 2. The molecule has 0 bridgehead atoms. The van der Waals surface area contributed by atoms with E-state index in [1.54, 1.807) is 19.2 Å². The Morgan fingerprint density at radius 3 is 2.28 bits per heavy atom. The molecule has 2 aliphatic rings. The molecule has 0 saturated carbocycles. The van der Waals surface area contributed by atoms with Crippen LogP contribution in [0.1, 0.15) is 36.0 Å². The summed E-state index contributed by atoms with van der Waals surface area (Å²) in [6.07, 6.45) is 3.21. The molecule has 5 nitrogen and oxygen atoms in total. The van der Waals surface area contributed by atoms with E-state index in [1.807, 2.05) is 44.2 Å². The topological polar surface area (TPSA) is 49.9 Å². The van der Waals surface area contributed by atoms with Gasteiger partial charge in [0.15, 0.2) is 0 Å². The molecule has 29 heavy (non-hydrogen) atoms. The molecule has 0 aliphatic carbocycles. The van der Waals surface area contributed by atoms with Crippen LogP contribution >= 0.6 is 0 Å². The third-order valence-corrected chi connectivity index (χ3v) is 5.85. The summed E-state index contributed by atoms with van der Waals surface area (Å²) in [4.78, 5) is 30.5. The number of piperidine rings is 1. The van der Waals surface area contributed by atoms with Crippen LogP contribution in [0.15, 0.2) is 48.2 Å². The number of imide groups is 1. The molecule has 0 unspecified atom stereocenters. The number of benzene rings is 2. The molecule has 0 aromatic heterocycles. The number of amides is 2. The minimum Gasteiger partial charge on any atom is -0.495 e. The maximum Gasteiger partial charge on any atom is 0.282 e. The molecule has 2 aliphatic heterocycles. The zero-order valence-electron chi connectivity index (χ0n) is 17.2. The van der Waals surface area contributed by atoms with E-state index < -0.39 is 0 Å². The van der Waals surface area contributed by atoms with Gasteiger partial charge in [0, 0.05) is 13.1 Å². The van der Waals surface area contributed by atoms with Crippen molar-refractivity contribution < 1.29 is 14.3 Å². The van der Waals surface area contributed by atoms with Crippen molar-refractivity contribution in [3.05, 3.63) is 64.9 Å². The Labute approximate surface area is 171 Å². The van der Waals surface area contributed by atoms with E-state index in [1.165, 1.54) is 4.90 Å². The molecule has 2 aromatic carbocycles. The lowest BCUT2D eigenvalue weighted by atomic mass is 9.98. The normalized spacial score (nSPS) is 17.3. The van der Waals surface area contributed by atoms with Gasteiger partial charge in [-0.2, -0.15) is 0 Å². The van der Waals surface area contributed by atoms with E-state index in [0.29, 0.717) is 22.7 Å². The first kappa shape index (κ1) is 19.2. The molecule has 2 aromatic rings. The molecule has 2 amide bonds. The summed E-state index contributed by atoms with van der Waals surface area (Å²) in [5.74, 6) is -0.0496. The van der Waals surface area contributed by atoms with Crippen LogP contribution in [0.25, 0.3) is 5.57 Å². The van der Waals surface area contributed by atoms with Gasteiger partial charge in [-0.15, -0.1) is 0 Å². The molecule has 150 valence electrons. The zero-order chi connectivity index (χ0) is 20.5. The summed E-state index contributed by atoms with van der Waals surface area (Å²) in [5.41, 5.74) is 4.55. The fourth-order valence-electron chi connectivity index (χ4n) is 4.12. The van der Waals surface area contributed by atoms with Gasteiger partial charge in [0.1, 0.15) is 11.4 Å². The number of hydrogen-bond donors (Lipinski definition) is 0. The number of anilines is 1. The number of likely N-dealkylation sites (tertiary alicyclic amines) is 1. The fraction of sp³-hybridized carbons (Fsp3) is 0.333. The Kier molecular flexibility index (Phi) is 5.14. The highest BCUT2D eigenvalue weighted by atomic mass is 16.5. The van der Waals surface area contributed by atoms with Gasteiger partial charge in [-0.3, -0.25) is 9.59 Å². The molecular weight excluding hydrogens is 364 g/mol. The number of carbonyl (C=O) groups is 2. The molecular formula is C24H26N2O3. The van der Waals surface area contributed by atoms with Crippen LogP contribution in [0.4, 0.5) is 5.69 Å².